The number of hydrogen-bond donors (Lipinski definition) is 1. The van der Waals surface area contributed by atoms with Gasteiger partial charge in [-0.15, -0.1) is 0 Å². The summed E-state index contributed by atoms with van der Waals surface area (Å²) in [6, 6.07) is 8.30. The molecular weight excluding hydrogens is 308 g/mol. The van der Waals surface area contributed by atoms with Crippen molar-refractivity contribution in [3.63, 3.8) is 0 Å². The third-order valence-corrected chi connectivity index (χ3v) is 4.05. The summed E-state index contributed by atoms with van der Waals surface area (Å²) in [5, 5.41) is 6.37. The molecule has 2 aromatic rings. The Kier molecular flexibility index (Phi) is 4.61. The molecule has 0 aliphatic carbocycles. The minimum atomic E-state index is -0.290. The zero-order valence-electron chi connectivity index (χ0n) is 13.8. The van der Waals surface area contributed by atoms with E-state index in [0.717, 1.165) is 26.2 Å². The lowest BCUT2D eigenvalue weighted by Crippen LogP contribution is -2.47. The summed E-state index contributed by atoms with van der Waals surface area (Å²) in [6.07, 6.45) is 0. The number of aromatic nitrogens is 1. The van der Waals surface area contributed by atoms with E-state index in [1.165, 1.54) is 0 Å². The van der Waals surface area contributed by atoms with Gasteiger partial charge in [0, 0.05) is 43.4 Å². The number of aryl methyl sites for hydroxylation is 1. The number of carbonyl (C=O) groups excluding carboxylic acids is 2. The van der Waals surface area contributed by atoms with Gasteiger partial charge in [0.1, 0.15) is 5.76 Å². The molecule has 1 fully saturated rings. The third-order valence-electron chi connectivity index (χ3n) is 4.05. The molecule has 0 atom stereocenters. The van der Waals surface area contributed by atoms with Gasteiger partial charge in [0.15, 0.2) is 5.82 Å². The summed E-state index contributed by atoms with van der Waals surface area (Å²) in [6.45, 7) is 4.96. The Hall–Kier alpha value is -2.67. The highest BCUT2D eigenvalue weighted by Crippen LogP contribution is 2.12. The van der Waals surface area contributed by atoms with Gasteiger partial charge in [0.2, 0.25) is 0 Å². The molecule has 3 rings (SSSR count). The first kappa shape index (κ1) is 16.2. The summed E-state index contributed by atoms with van der Waals surface area (Å²) >= 11 is 0. The second-order valence-electron chi connectivity index (χ2n) is 5.95. The van der Waals surface area contributed by atoms with E-state index >= 15 is 0 Å². The minimum Gasteiger partial charge on any atom is -0.360 e. The fourth-order valence-corrected chi connectivity index (χ4v) is 2.57. The summed E-state index contributed by atoms with van der Waals surface area (Å²) in [5.41, 5.74) is 1.05. The highest BCUT2D eigenvalue weighted by molar-refractivity contribution is 6.04. The first-order chi connectivity index (χ1) is 11.5. The highest BCUT2D eigenvalue weighted by atomic mass is 16.5. The zero-order valence-corrected chi connectivity index (χ0v) is 13.8. The van der Waals surface area contributed by atoms with Crippen molar-refractivity contribution in [2.75, 3.05) is 38.5 Å². The zero-order chi connectivity index (χ0) is 17.1. The van der Waals surface area contributed by atoms with Crippen LogP contribution >= 0.6 is 0 Å². The summed E-state index contributed by atoms with van der Waals surface area (Å²) in [7, 11) is 2.05. The fraction of sp³-hybridized carbons (Fsp3) is 0.353. The predicted molar refractivity (Wildman–Crippen MR) is 89.0 cm³/mol. The number of carbonyl (C=O) groups is 2. The summed E-state index contributed by atoms with van der Waals surface area (Å²) in [4.78, 5) is 28.7. The molecule has 0 radical (unpaired) electrons. The maximum atomic E-state index is 12.5. The second-order valence-corrected chi connectivity index (χ2v) is 5.95. The Morgan fingerprint density at radius 1 is 1.08 bits per heavy atom. The molecule has 0 unspecified atom stereocenters. The van der Waals surface area contributed by atoms with Crippen molar-refractivity contribution in [2.45, 2.75) is 6.92 Å². The molecule has 1 aliphatic heterocycles. The Labute approximate surface area is 140 Å². The van der Waals surface area contributed by atoms with Crippen molar-refractivity contribution in [3.05, 3.63) is 47.2 Å². The van der Waals surface area contributed by atoms with E-state index in [9.17, 15) is 9.59 Å². The molecule has 1 saturated heterocycles. The van der Waals surface area contributed by atoms with Crippen LogP contribution in [0.5, 0.6) is 0 Å². The average Bonchev–Trinajstić information content (AvgIpc) is 3.00. The number of nitrogens with one attached hydrogen (secondary N) is 1. The molecule has 1 aromatic carbocycles. The summed E-state index contributed by atoms with van der Waals surface area (Å²) < 4.78 is 4.91. The van der Waals surface area contributed by atoms with Crippen molar-refractivity contribution >= 4 is 17.6 Å². The van der Waals surface area contributed by atoms with Gasteiger partial charge in [-0.3, -0.25) is 9.59 Å². The van der Waals surface area contributed by atoms with Crippen molar-refractivity contribution in [2.24, 2.45) is 0 Å². The number of rotatable bonds is 3. The van der Waals surface area contributed by atoms with E-state index in [4.69, 9.17) is 4.52 Å². The first-order valence-corrected chi connectivity index (χ1v) is 7.85. The number of amides is 2. The fourth-order valence-electron chi connectivity index (χ4n) is 2.57. The third kappa shape index (κ3) is 3.62. The van der Waals surface area contributed by atoms with Gasteiger partial charge in [0.05, 0.1) is 0 Å². The summed E-state index contributed by atoms with van der Waals surface area (Å²) in [5.74, 6) is 0.706. The molecule has 0 saturated carbocycles. The van der Waals surface area contributed by atoms with Gasteiger partial charge in [0.25, 0.3) is 11.8 Å². The molecule has 1 aromatic heterocycles. The molecule has 1 aliphatic rings. The van der Waals surface area contributed by atoms with Crippen molar-refractivity contribution in [1.82, 2.24) is 15.0 Å². The maximum absolute atomic E-state index is 12.5. The lowest BCUT2D eigenvalue weighted by molar-refractivity contribution is 0.0664. The molecule has 7 heteroatoms. The van der Waals surface area contributed by atoms with Crippen LogP contribution < -0.4 is 5.32 Å². The van der Waals surface area contributed by atoms with Gasteiger partial charge in [-0.2, -0.15) is 0 Å². The lowest BCUT2D eigenvalue weighted by Gasteiger charge is -2.32. The molecule has 1 N–H and O–H groups in total. The van der Waals surface area contributed by atoms with Crippen LogP contribution in [-0.2, 0) is 0 Å². The van der Waals surface area contributed by atoms with Gasteiger partial charge in [-0.1, -0.05) is 5.16 Å². The molecule has 2 amide bonds. The molecule has 2 heterocycles. The van der Waals surface area contributed by atoms with Crippen LogP contribution in [0, 0.1) is 6.92 Å². The minimum absolute atomic E-state index is 0.00202. The van der Waals surface area contributed by atoms with Crippen LogP contribution in [0.2, 0.25) is 0 Å². The van der Waals surface area contributed by atoms with Crippen LogP contribution in [0.25, 0.3) is 0 Å². The number of likely N-dealkylation sites (N-methyl/N-ethyl adjacent to an activating group) is 1. The van der Waals surface area contributed by atoms with Gasteiger partial charge >= 0.3 is 0 Å². The quantitative estimate of drug-likeness (QED) is 0.926. The number of benzene rings is 1. The molecule has 24 heavy (non-hydrogen) atoms. The lowest BCUT2D eigenvalue weighted by atomic mass is 10.1. The topological polar surface area (TPSA) is 78.7 Å². The van der Waals surface area contributed by atoms with E-state index < -0.39 is 0 Å². The van der Waals surface area contributed by atoms with E-state index in [0.29, 0.717) is 22.7 Å². The molecule has 126 valence electrons. The Bertz CT molecular complexity index is 731. The average molecular weight is 328 g/mol. The second kappa shape index (κ2) is 6.84. The van der Waals surface area contributed by atoms with Crippen LogP contribution in [0.1, 0.15) is 26.5 Å². The van der Waals surface area contributed by atoms with E-state index in [1.54, 1.807) is 37.3 Å². The first-order valence-electron chi connectivity index (χ1n) is 7.85. The van der Waals surface area contributed by atoms with Gasteiger partial charge < -0.3 is 19.6 Å². The van der Waals surface area contributed by atoms with E-state index in [-0.39, 0.29) is 11.8 Å². The monoisotopic (exact) mass is 328 g/mol. The number of piperazine rings is 1. The SMILES string of the molecule is Cc1cc(NC(=O)c2ccc(C(=O)N3CCN(C)CC3)cc2)no1. The number of nitrogens with zero attached hydrogens (tertiary/aromatic N) is 3. The standard InChI is InChI=1S/C17H20N4O3/c1-12-11-15(19-24-12)18-16(22)13-3-5-14(6-4-13)17(23)21-9-7-20(2)8-10-21/h3-6,11H,7-10H2,1-2H3,(H,18,19,22). The number of anilines is 1. The van der Waals surface area contributed by atoms with E-state index in [1.807, 2.05) is 11.9 Å². The van der Waals surface area contributed by atoms with Crippen LogP contribution in [0.4, 0.5) is 5.82 Å². The molecule has 0 bridgehead atoms. The largest absolute Gasteiger partial charge is 0.360 e. The van der Waals surface area contributed by atoms with Crippen LogP contribution in [0.3, 0.4) is 0 Å². The maximum Gasteiger partial charge on any atom is 0.256 e. The van der Waals surface area contributed by atoms with Crippen molar-refractivity contribution in [1.29, 1.82) is 0 Å². The van der Waals surface area contributed by atoms with Gasteiger partial charge in [-0.05, 0) is 38.2 Å². The Morgan fingerprint density at radius 2 is 1.71 bits per heavy atom. The number of hydrogen-bond acceptors (Lipinski definition) is 5. The van der Waals surface area contributed by atoms with Crippen LogP contribution in [0.15, 0.2) is 34.9 Å². The van der Waals surface area contributed by atoms with E-state index in [2.05, 4.69) is 15.4 Å². The molecule has 0 spiro atoms. The van der Waals surface area contributed by atoms with Crippen molar-refractivity contribution in [3.8, 4) is 0 Å². The Balaban J connectivity index is 1.64. The predicted octanol–water partition coefficient (Wildman–Crippen LogP) is 1.62. The Morgan fingerprint density at radius 3 is 2.29 bits per heavy atom. The molecule has 7 nitrogen and oxygen atoms in total. The highest BCUT2D eigenvalue weighted by Gasteiger charge is 2.20. The smallest absolute Gasteiger partial charge is 0.256 e. The molecular formula is C17H20N4O3. The van der Waals surface area contributed by atoms with Crippen LogP contribution in [-0.4, -0.2) is 60.0 Å². The van der Waals surface area contributed by atoms with Gasteiger partial charge in [-0.25, -0.2) is 0 Å². The van der Waals surface area contributed by atoms with Crippen molar-refractivity contribution < 1.29 is 14.1 Å². The normalized spacial score (nSPS) is 15.3.